The quantitative estimate of drug-likeness (QED) is 0.458. The zero-order valence-corrected chi connectivity index (χ0v) is 11.4. The molecule has 1 atom stereocenters. The van der Waals surface area contributed by atoms with Crippen LogP contribution in [-0.4, -0.2) is 36.5 Å². The van der Waals surface area contributed by atoms with Gasteiger partial charge in [0, 0.05) is 14.6 Å². The zero-order chi connectivity index (χ0) is 13.7. The van der Waals surface area contributed by atoms with E-state index in [1.807, 2.05) is 0 Å². The Morgan fingerprint density at radius 2 is 1.82 bits per heavy atom. The van der Waals surface area contributed by atoms with Crippen LogP contribution in [0.2, 0.25) is 0 Å². The minimum absolute atomic E-state index is 0.268. The Balaban J connectivity index is 0. The van der Waals surface area contributed by atoms with Gasteiger partial charge in [-0.25, -0.2) is 4.79 Å². The number of primary amides is 2. The molecular formula is C10H23N2O4P. The van der Waals surface area contributed by atoms with Gasteiger partial charge >= 0.3 is 12.0 Å². The van der Waals surface area contributed by atoms with Crippen molar-refractivity contribution in [3.63, 3.8) is 0 Å². The van der Waals surface area contributed by atoms with E-state index in [0.29, 0.717) is 0 Å². The monoisotopic (exact) mass is 266 g/mol. The lowest BCUT2D eigenvalue weighted by Crippen LogP contribution is -2.18. The molecule has 102 valence electrons. The number of unbranched alkanes of at least 4 members (excludes halogenated alkanes) is 1. The molecule has 6 nitrogen and oxygen atoms in total. The number of rotatable bonds is 8. The molecule has 0 saturated carbocycles. The van der Waals surface area contributed by atoms with Gasteiger partial charge < -0.3 is 21.1 Å². The lowest BCUT2D eigenvalue weighted by Gasteiger charge is -2.11. The van der Waals surface area contributed by atoms with E-state index >= 15 is 0 Å². The van der Waals surface area contributed by atoms with E-state index < -0.39 is 12.0 Å². The van der Waals surface area contributed by atoms with Crippen molar-refractivity contribution >= 4 is 20.1 Å². The maximum Gasteiger partial charge on any atom is 0.309 e. The van der Waals surface area contributed by atoms with Crippen LogP contribution in [0.4, 0.5) is 4.79 Å². The summed E-state index contributed by atoms with van der Waals surface area (Å²) in [7, 11) is -0.386. The van der Waals surface area contributed by atoms with Crippen LogP contribution >= 0.6 is 8.15 Å². The standard InChI is InChI=1S/C9H19O3P.CH4N2O/c1-3-4-7-12-13(2)8-5-6-9(10)11;2-1(3)4/h3-8H2,1-2H3,(H,10,11);(H4,2,3,4). The van der Waals surface area contributed by atoms with Crippen LogP contribution in [0.25, 0.3) is 0 Å². The first kappa shape index (κ1) is 18.5. The fourth-order valence-electron chi connectivity index (χ4n) is 0.882. The second-order valence-electron chi connectivity index (χ2n) is 3.44. The van der Waals surface area contributed by atoms with Crippen molar-refractivity contribution in [2.75, 3.05) is 19.4 Å². The van der Waals surface area contributed by atoms with Crippen molar-refractivity contribution in [2.45, 2.75) is 32.6 Å². The zero-order valence-electron chi connectivity index (χ0n) is 10.5. The van der Waals surface area contributed by atoms with E-state index in [4.69, 9.17) is 14.4 Å². The Morgan fingerprint density at radius 3 is 2.24 bits per heavy atom. The lowest BCUT2D eigenvalue weighted by atomic mass is 10.3. The third kappa shape index (κ3) is 25.4. The molecule has 0 aromatic carbocycles. The maximum absolute atomic E-state index is 10.2. The fourth-order valence-corrected chi connectivity index (χ4v) is 2.06. The molecular weight excluding hydrogens is 243 g/mol. The van der Waals surface area contributed by atoms with Gasteiger partial charge in [-0.15, -0.1) is 0 Å². The molecule has 0 radical (unpaired) electrons. The van der Waals surface area contributed by atoms with Gasteiger partial charge in [-0.3, -0.25) is 4.79 Å². The van der Waals surface area contributed by atoms with Crippen LogP contribution in [0.15, 0.2) is 0 Å². The maximum atomic E-state index is 10.2. The average molecular weight is 266 g/mol. The predicted molar refractivity (Wildman–Crippen MR) is 69.2 cm³/mol. The summed E-state index contributed by atoms with van der Waals surface area (Å²) < 4.78 is 5.54. The van der Waals surface area contributed by atoms with E-state index in [1.54, 1.807) is 0 Å². The predicted octanol–water partition coefficient (Wildman–Crippen LogP) is 1.72. The third-order valence-electron chi connectivity index (χ3n) is 1.67. The van der Waals surface area contributed by atoms with Crippen molar-refractivity contribution in [1.29, 1.82) is 0 Å². The van der Waals surface area contributed by atoms with Gasteiger partial charge in [-0.2, -0.15) is 0 Å². The van der Waals surface area contributed by atoms with E-state index in [2.05, 4.69) is 25.1 Å². The van der Waals surface area contributed by atoms with Crippen molar-refractivity contribution in [1.82, 2.24) is 0 Å². The molecule has 0 aromatic heterocycles. The van der Waals surface area contributed by atoms with Crippen LogP contribution in [0, 0.1) is 0 Å². The molecule has 0 aliphatic rings. The molecule has 0 aliphatic heterocycles. The van der Waals surface area contributed by atoms with E-state index in [9.17, 15) is 4.79 Å². The summed E-state index contributed by atoms with van der Waals surface area (Å²) in [6, 6.07) is -0.833. The van der Waals surface area contributed by atoms with Crippen molar-refractivity contribution in [2.24, 2.45) is 11.5 Å². The van der Waals surface area contributed by atoms with Crippen LogP contribution in [0.5, 0.6) is 0 Å². The molecule has 7 heteroatoms. The van der Waals surface area contributed by atoms with Crippen LogP contribution < -0.4 is 11.5 Å². The minimum atomic E-state index is -0.833. The summed E-state index contributed by atoms with van der Waals surface area (Å²) in [4.78, 5) is 19.2. The van der Waals surface area contributed by atoms with Gasteiger partial charge in [0.25, 0.3) is 0 Å². The minimum Gasteiger partial charge on any atom is -0.481 e. The highest BCUT2D eigenvalue weighted by atomic mass is 31.1. The molecule has 0 spiro atoms. The number of amides is 2. The molecule has 0 heterocycles. The van der Waals surface area contributed by atoms with E-state index in [-0.39, 0.29) is 14.6 Å². The highest BCUT2D eigenvalue weighted by Crippen LogP contribution is 2.33. The van der Waals surface area contributed by atoms with Gasteiger partial charge in [0.15, 0.2) is 0 Å². The molecule has 2 amide bonds. The van der Waals surface area contributed by atoms with Gasteiger partial charge in [-0.05, 0) is 25.7 Å². The molecule has 0 rings (SSSR count). The van der Waals surface area contributed by atoms with Gasteiger partial charge in [0.1, 0.15) is 0 Å². The van der Waals surface area contributed by atoms with E-state index in [0.717, 1.165) is 32.0 Å². The second kappa shape index (κ2) is 13.2. The first-order chi connectivity index (χ1) is 7.90. The highest BCUT2D eigenvalue weighted by molar-refractivity contribution is 7.51. The number of hydrogen-bond acceptors (Lipinski definition) is 3. The summed E-state index contributed by atoms with van der Waals surface area (Å²) in [5.41, 5.74) is 8.50. The summed E-state index contributed by atoms with van der Waals surface area (Å²) in [5, 5.41) is 8.41. The molecule has 0 aliphatic carbocycles. The molecule has 0 fully saturated rings. The largest absolute Gasteiger partial charge is 0.481 e. The Bertz CT molecular complexity index is 210. The first-order valence-corrected chi connectivity index (χ1v) is 7.40. The number of aliphatic carboxylic acids is 1. The van der Waals surface area contributed by atoms with Gasteiger partial charge in [0.05, 0.1) is 6.61 Å². The van der Waals surface area contributed by atoms with Crippen molar-refractivity contribution < 1.29 is 19.2 Å². The third-order valence-corrected chi connectivity index (χ3v) is 3.24. The number of nitrogens with two attached hydrogens (primary N) is 2. The summed E-state index contributed by atoms with van der Waals surface area (Å²) in [6.07, 6.45) is 4.17. The number of hydrogen-bond donors (Lipinski definition) is 3. The number of carbonyl (C=O) groups excluding carboxylic acids is 1. The number of carbonyl (C=O) groups is 2. The Kier molecular flexibility index (Phi) is 14.4. The lowest BCUT2D eigenvalue weighted by molar-refractivity contribution is -0.137. The number of carboxylic acid groups (broad SMARTS) is 1. The van der Waals surface area contributed by atoms with E-state index in [1.165, 1.54) is 0 Å². The van der Waals surface area contributed by atoms with Crippen molar-refractivity contribution in [3.05, 3.63) is 0 Å². The molecule has 0 aromatic rings. The second-order valence-corrected chi connectivity index (χ2v) is 5.40. The summed E-state index contributed by atoms with van der Waals surface area (Å²) in [6.45, 7) is 5.02. The fraction of sp³-hybridized carbons (Fsp3) is 0.800. The summed E-state index contributed by atoms with van der Waals surface area (Å²) >= 11 is 0. The molecule has 5 N–H and O–H groups in total. The Labute approximate surface area is 104 Å². The Hall–Kier alpha value is -0.870. The Morgan fingerprint density at radius 1 is 1.29 bits per heavy atom. The summed E-state index contributed by atoms with van der Waals surface area (Å²) in [5.74, 6) is -0.711. The molecule has 17 heavy (non-hydrogen) atoms. The van der Waals surface area contributed by atoms with Gasteiger partial charge in [-0.1, -0.05) is 13.3 Å². The highest BCUT2D eigenvalue weighted by Gasteiger charge is 2.03. The van der Waals surface area contributed by atoms with Crippen molar-refractivity contribution in [3.8, 4) is 0 Å². The van der Waals surface area contributed by atoms with Gasteiger partial charge in [0.2, 0.25) is 0 Å². The SMILES string of the molecule is CCCCOP(C)CCCC(=O)O.NC(N)=O. The van der Waals surface area contributed by atoms with Crippen LogP contribution in [-0.2, 0) is 9.32 Å². The topological polar surface area (TPSA) is 116 Å². The molecule has 0 saturated heterocycles. The number of urea groups is 1. The average Bonchev–Trinajstić information content (AvgIpc) is 2.16. The molecule has 1 unspecified atom stereocenters. The smallest absolute Gasteiger partial charge is 0.309 e. The first-order valence-electron chi connectivity index (χ1n) is 5.50. The number of carboxylic acids is 1. The normalized spacial score (nSPS) is 11.2. The van der Waals surface area contributed by atoms with Crippen LogP contribution in [0.1, 0.15) is 32.6 Å². The molecule has 0 bridgehead atoms. The van der Waals surface area contributed by atoms with Crippen LogP contribution in [0.3, 0.4) is 0 Å².